The van der Waals surface area contributed by atoms with Gasteiger partial charge in [-0.25, -0.2) is 9.18 Å². The maximum atomic E-state index is 14.0. The average molecular weight is 579 g/mol. The van der Waals surface area contributed by atoms with E-state index in [2.05, 4.69) is 16.0 Å². The number of halogens is 1. The lowest BCUT2D eigenvalue weighted by molar-refractivity contribution is -0.135. The molecule has 1 aromatic carbocycles. The van der Waals surface area contributed by atoms with Gasteiger partial charge in [0.1, 0.15) is 17.5 Å². The van der Waals surface area contributed by atoms with Crippen LogP contribution >= 0.6 is 0 Å². The average Bonchev–Trinajstić information content (AvgIpc) is 3.74. The van der Waals surface area contributed by atoms with Crippen molar-refractivity contribution in [2.45, 2.75) is 63.5 Å². The molecule has 1 aromatic heterocycles. The minimum absolute atomic E-state index is 0.0568. The lowest BCUT2D eigenvalue weighted by atomic mass is 9.95. The maximum Gasteiger partial charge on any atom is 0.333 e. The summed E-state index contributed by atoms with van der Waals surface area (Å²) in [7, 11) is 0. The van der Waals surface area contributed by atoms with E-state index in [1.54, 1.807) is 24.3 Å². The molecule has 3 aliphatic rings. The molecule has 3 amide bonds. The van der Waals surface area contributed by atoms with E-state index < -0.39 is 35.3 Å². The topological polar surface area (TPSA) is 136 Å². The standard InChI is InChI=1S/C31H35FN4O6/c32-23-9-7-19(8-10-23)16-26(36-14-3-6-25(30(36)40)35-28(38)20-4-1-2-5-20)29(39)34-24(17-21-11-13-33-27(21)37)18-22-12-15-42-31(22)41/h3,6-10,14,18,20-21,24,26H,1-2,4-5,11-13,15-17H2,(H,33,37)(H,34,39)(H,35,38)/b22-18+/t21-,24-,26-/m0/s1. The number of ether oxygens (including phenoxy) is 1. The lowest BCUT2D eigenvalue weighted by Crippen LogP contribution is -2.44. The fraction of sp³-hybridized carbons (Fsp3) is 0.452. The van der Waals surface area contributed by atoms with Gasteiger partial charge in [0.05, 0.1) is 6.61 Å². The summed E-state index contributed by atoms with van der Waals surface area (Å²) in [5.41, 5.74) is 0.563. The zero-order chi connectivity index (χ0) is 29.6. The molecule has 42 heavy (non-hydrogen) atoms. The largest absolute Gasteiger partial charge is 0.462 e. The van der Waals surface area contributed by atoms with E-state index in [0.29, 0.717) is 30.5 Å². The number of amides is 3. The highest BCUT2D eigenvalue weighted by Gasteiger charge is 2.32. The Morgan fingerprint density at radius 1 is 1.10 bits per heavy atom. The zero-order valence-electron chi connectivity index (χ0n) is 23.3. The van der Waals surface area contributed by atoms with Crippen LogP contribution in [0.2, 0.25) is 0 Å². The first-order valence-electron chi connectivity index (χ1n) is 14.5. The minimum atomic E-state index is -1.07. The molecular formula is C31H35FN4O6. The molecule has 222 valence electrons. The normalized spacial score (nSPS) is 21.2. The van der Waals surface area contributed by atoms with Crippen molar-refractivity contribution in [1.82, 2.24) is 15.2 Å². The molecule has 0 bridgehead atoms. The summed E-state index contributed by atoms with van der Waals surface area (Å²) in [6.45, 7) is 0.780. The van der Waals surface area contributed by atoms with Gasteiger partial charge in [-0.3, -0.25) is 19.2 Å². The zero-order valence-corrected chi connectivity index (χ0v) is 23.3. The van der Waals surface area contributed by atoms with Crippen LogP contribution in [0.15, 0.2) is 59.0 Å². The molecular weight excluding hydrogens is 543 g/mol. The van der Waals surface area contributed by atoms with Gasteiger partial charge >= 0.3 is 5.97 Å². The lowest BCUT2D eigenvalue weighted by Gasteiger charge is -2.24. The van der Waals surface area contributed by atoms with Crippen molar-refractivity contribution in [2.75, 3.05) is 18.5 Å². The number of aromatic nitrogens is 1. The van der Waals surface area contributed by atoms with Crippen molar-refractivity contribution >= 4 is 29.4 Å². The summed E-state index contributed by atoms with van der Waals surface area (Å²) < 4.78 is 20.0. The molecule has 3 fully saturated rings. The van der Waals surface area contributed by atoms with E-state index in [-0.39, 0.29) is 48.8 Å². The molecule has 1 aliphatic carbocycles. The molecule has 5 rings (SSSR count). The van der Waals surface area contributed by atoms with Crippen molar-refractivity contribution in [2.24, 2.45) is 11.8 Å². The third kappa shape index (κ3) is 6.95. The summed E-state index contributed by atoms with van der Waals surface area (Å²) in [4.78, 5) is 64.9. The Balaban J connectivity index is 1.44. The highest BCUT2D eigenvalue weighted by molar-refractivity contribution is 5.92. The number of nitrogens with one attached hydrogen (secondary N) is 3. The van der Waals surface area contributed by atoms with E-state index in [4.69, 9.17) is 4.74 Å². The number of benzene rings is 1. The van der Waals surface area contributed by atoms with Crippen LogP contribution in [0.4, 0.5) is 10.1 Å². The summed E-state index contributed by atoms with van der Waals surface area (Å²) in [6, 6.07) is 7.01. The molecule has 2 aliphatic heterocycles. The number of rotatable bonds is 10. The van der Waals surface area contributed by atoms with E-state index in [0.717, 1.165) is 25.7 Å². The molecule has 3 N–H and O–H groups in total. The molecule has 2 saturated heterocycles. The van der Waals surface area contributed by atoms with Gasteiger partial charge in [0.15, 0.2) is 0 Å². The molecule has 3 atom stereocenters. The Labute approximate surface area is 242 Å². The van der Waals surface area contributed by atoms with Gasteiger partial charge in [0, 0.05) is 49.0 Å². The van der Waals surface area contributed by atoms with Crippen LogP contribution in [0.5, 0.6) is 0 Å². The Hall–Kier alpha value is -4.28. The number of anilines is 1. The summed E-state index contributed by atoms with van der Waals surface area (Å²) >= 11 is 0. The molecule has 1 saturated carbocycles. The highest BCUT2D eigenvalue weighted by Crippen LogP contribution is 2.26. The molecule has 3 heterocycles. The van der Waals surface area contributed by atoms with E-state index >= 15 is 0 Å². The van der Waals surface area contributed by atoms with Crippen LogP contribution in [0, 0.1) is 17.7 Å². The quantitative estimate of drug-likeness (QED) is 0.293. The summed E-state index contributed by atoms with van der Waals surface area (Å²) in [6.07, 6.45) is 7.90. The maximum absolute atomic E-state index is 14.0. The first-order valence-corrected chi connectivity index (χ1v) is 14.5. The van der Waals surface area contributed by atoms with Gasteiger partial charge < -0.3 is 25.3 Å². The van der Waals surface area contributed by atoms with Crippen LogP contribution in [0.1, 0.15) is 56.6 Å². The Morgan fingerprint density at radius 2 is 1.86 bits per heavy atom. The van der Waals surface area contributed by atoms with Gasteiger partial charge in [-0.2, -0.15) is 0 Å². The predicted octanol–water partition coefficient (Wildman–Crippen LogP) is 2.78. The Morgan fingerprint density at radius 3 is 2.52 bits per heavy atom. The SMILES string of the molecule is O=C1OCC/C1=C\[C@H](C[C@@H]1CCNC1=O)NC(=O)[C@H](Cc1ccc(F)cc1)n1cccc(NC(=O)C2CCCC2)c1=O. The molecule has 0 spiro atoms. The first-order chi connectivity index (χ1) is 20.3. The molecule has 11 heteroatoms. The number of hydrogen-bond donors (Lipinski definition) is 3. The van der Waals surface area contributed by atoms with Gasteiger partial charge in [-0.15, -0.1) is 0 Å². The van der Waals surface area contributed by atoms with E-state index in [1.807, 2.05) is 0 Å². The van der Waals surface area contributed by atoms with Gasteiger partial charge in [0.2, 0.25) is 17.7 Å². The van der Waals surface area contributed by atoms with E-state index in [9.17, 15) is 28.4 Å². The number of nitrogens with zero attached hydrogens (tertiary/aromatic N) is 1. The van der Waals surface area contributed by atoms with E-state index in [1.165, 1.54) is 29.0 Å². The van der Waals surface area contributed by atoms with Gasteiger partial charge in [-0.05, 0) is 55.5 Å². The van der Waals surface area contributed by atoms with Crippen LogP contribution in [-0.4, -0.2) is 47.5 Å². The van der Waals surface area contributed by atoms with Gasteiger partial charge in [0.25, 0.3) is 5.56 Å². The Kier molecular flexibility index (Phi) is 9.14. The third-order valence-electron chi connectivity index (χ3n) is 8.24. The summed E-state index contributed by atoms with van der Waals surface area (Å²) in [5.74, 6) is -2.25. The predicted molar refractivity (Wildman–Crippen MR) is 152 cm³/mol. The number of carbonyl (C=O) groups is 4. The first kappa shape index (κ1) is 29.2. The van der Waals surface area contributed by atoms with Crippen LogP contribution in [0.3, 0.4) is 0 Å². The number of carbonyl (C=O) groups excluding carboxylic acids is 4. The monoisotopic (exact) mass is 578 g/mol. The van der Waals surface area contributed by atoms with Crippen LogP contribution < -0.4 is 21.5 Å². The second-order valence-electron chi connectivity index (χ2n) is 11.2. The van der Waals surface area contributed by atoms with Crippen molar-refractivity contribution in [3.63, 3.8) is 0 Å². The number of cyclic esters (lactones) is 1. The smallest absolute Gasteiger partial charge is 0.333 e. The fourth-order valence-corrected chi connectivity index (χ4v) is 5.90. The number of esters is 1. The molecule has 2 aromatic rings. The fourth-order valence-electron chi connectivity index (χ4n) is 5.90. The second-order valence-corrected chi connectivity index (χ2v) is 11.2. The number of hydrogen-bond acceptors (Lipinski definition) is 6. The van der Waals surface area contributed by atoms with Crippen molar-refractivity contribution in [3.05, 3.63) is 76.0 Å². The minimum Gasteiger partial charge on any atom is -0.462 e. The van der Waals surface area contributed by atoms with Crippen molar-refractivity contribution < 1.29 is 28.3 Å². The van der Waals surface area contributed by atoms with Crippen molar-refractivity contribution in [1.29, 1.82) is 0 Å². The summed E-state index contributed by atoms with van der Waals surface area (Å²) in [5, 5.41) is 8.49. The van der Waals surface area contributed by atoms with Gasteiger partial charge in [-0.1, -0.05) is 31.1 Å². The molecule has 10 nitrogen and oxygen atoms in total. The highest BCUT2D eigenvalue weighted by atomic mass is 19.1. The molecule has 0 unspecified atom stereocenters. The Bertz CT molecular complexity index is 1430. The van der Waals surface area contributed by atoms with Crippen molar-refractivity contribution in [3.8, 4) is 0 Å². The number of pyridine rings is 1. The molecule has 0 radical (unpaired) electrons. The third-order valence-corrected chi connectivity index (χ3v) is 8.24. The van der Waals surface area contributed by atoms with Crippen LogP contribution in [0.25, 0.3) is 0 Å². The second kappa shape index (κ2) is 13.1. The van der Waals surface area contributed by atoms with Crippen LogP contribution in [-0.2, 0) is 30.3 Å².